The lowest BCUT2D eigenvalue weighted by Crippen LogP contribution is -2.35. The van der Waals surface area contributed by atoms with E-state index in [0.717, 1.165) is 18.8 Å². The van der Waals surface area contributed by atoms with Crippen LogP contribution >= 0.6 is 0 Å². The predicted octanol–water partition coefficient (Wildman–Crippen LogP) is 2.69. The molecule has 19 heavy (non-hydrogen) atoms. The number of nitrogens with two attached hydrogens (primary N) is 1. The summed E-state index contributed by atoms with van der Waals surface area (Å²) in [5.41, 5.74) is 10.9. The molecule has 0 radical (unpaired) electrons. The molecule has 0 aliphatic carbocycles. The molecule has 0 heterocycles. The quantitative estimate of drug-likeness (QED) is 0.830. The summed E-state index contributed by atoms with van der Waals surface area (Å²) in [6, 6.07) is 2.23. The molecule has 3 nitrogen and oxygen atoms in total. The maximum Gasteiger partial charge on any atom is 0.126 e. The summed E-state index contributed by atoms with van der Waals surface area (Å²) in [4.78, 5) is 0. The molecule has 0 fully saturated rings. The minimum absolute atomic E-state index is 0.126. The molecule has 0 spiro atoms. The molecule has 0 bridgehead atoms. The monoisotopic (exact) mass is 264 g/mol. The smallest absolute Gasteiger partial charge is 0.126 e. The Bertz CT molecular complexity index is 439. The van der Waals surface area contributed by atoms with Gasteiger partial charge in [0.25, 0.3) is 0 Å². The van der Waals surface area contributed by atoms with Gasteiger partial charge in [0.15, 0.2) is 0 Å². The molecule has 1 aromatic carbocycles. The van der Waals surface area contributed by atoms with Crippen molar-refractivity contribution in [2.45, 2.75) is 41.2 Å². The molecular weight excluding hydrogens is 236 g/mol. The zero-order chi connectivity index (χ0) is 14.6. The highest BCUT2D eigenvalue weighted by Crippen LogP contribution is 2.29. The fraction of sp³-hybridized carbons (Fsp3) is 0.625. The Balaban J connectivity index is 2.87. The molecule has 108 valence electrons. The van der Waals surface area contributed by atoms with Gasteiger partial charge < -0.3 is 15.8 Å². The minimum Gasteiger partial charge on any atom is -0.496 e. The van der Waals surface area contributed by atoms with Crippen molar-refractivity contribution in [2.24, 2.45) is 11.1 Å². The van der Waals surface area contributed by atoms with Gasteiger partial charge >= 0.3 is 0 Å². The maximum atomic E-state index is 5.75. The third-order valence-corrected chi connectivity index (χ3v) is 3.78. The Morgan fingerprint density at radius 3 is 2.37 bits per heavy atom. The molecule has 1 rings (SSSR count). The first-order chi connectivity index (χ1) is 8.82. The van der Waals surface area contributed by atoms with Gasteiger partial charge in [-0.2, -0.15) is 0 Å². The van der Waals surface area contributed by atoms with Gasteiger partial charge in [-0.25, -0.2) is 0 Å². The molecule has 0 aromatic heterocycles. The highest BCUT2D eigenvalue weighted by molar-refractivity contribution is 5.49. The number of aryl methyl sites for hydroxylation is 2. The first kappa shape index (κ1) is 16.0. The number of nitrogens with one attached hydrogen (secondary N) is 1. The van der Waals surface area contributed by atoms with E-state index in [1.165, 1.54) is 22.3 Å². The number of hydrogen-bond acceptors (Lipinski definition) is 3. The van der Waals surface area contributed by atoms with Crippen LogP contribution in [0.2, 0.25) is 0 Å². The van der Waals surface area contributed by atoms with Crippen LogP contribution in [-0.4, -0.2) is 20.2 Å². The Labute approximate surface area is 117 Å². The van der Waals surface area contributed by atoms with Crippen molar-refractivity contribution in [3.63, 3.8) is 0 Å². The first-order valence-electron chi connectivity index (χ1n) is 6.87. The van der Waals surface area contributed by atoms with E-state index >= 15 is 0 Å². The van der Waals surface area contributed by atoms with Gasteiger partial charge in [-0.3, -0.25) is 0 Å². The molecule has 3 heteroatoms. The van der Waals surface area contributed by atoms with Crippen LogP contribution in [0.4, 0.5) is 0 Å². The lowest BCUT2D eigenvalue weighted by Gasteiger charge is -2.24. The normalized spacial score (nSPS) is 11.7. The summed E-state index contributed by atoms with van der Waals surface area (Å²) in [5.74, 6) is 1.01. The van der Waals surface area contributed by atoms with Crippen molar-refractivity contribution in [3.05, 3.63) is 28.3 Å². The third kappa shape index (κ3) is 3.95. The molecule has 0 atom stereocenters. The van der Waals surface area contributed by atoms with Gasteiger partial charge in [0.05, 0.1) is 7.11 Å². The fourth-order valence-corrected chi connectivity index (χ4v) is 2.20. The van der Waals surface area contributed by atoms with Crippen LogP contribution in [0.3, 0.4) is 0 Å². The van der Waals surface area contributed by atoms with Crippen LogP contribution in [0.1, 0.15) is 36.1 Å². The molecule has 0 amide bonds. The van der Waals surface area contributed by atoms with Gasteiger partial charge in [0.2, 0.25) is 0 Å². The number of methoxy groups -OCH3 is 1. The Kier molecular flexibility index (Phi) is 5.39. The van der Waals surface area contributed by atoms with Crippen LogP contribution in [0.25, 0.3) is 0 Å². The standard InChI is InChI=1S/C16H28N2O/c1-11-7-12(2)14(15(19-6)13(11)3)8-18-10-16(4,5)9-17/h7,18H,8-10,17H2,1-6H3. The van der Waals surface area contributed by atoms with Crippen molar-refractivity contribution in [2.75, 3.05) is 20.2 Å². The second kappa shape index (κ2) is 6.40. The van der Waals surface area contributed by atoms with E-state index < -0.39 is 0 Å². The summed E-state index contributed by atoms with van der Waals surface area (Å²) in [6.07, 6.45) is 0. The van der Waals surface area contributed by atoms with Crippen LogP contribution in [0.5, 0.6) is 5.75 Å². The number of ether oxygens (including phenoxy) is 1. The predicted molar refractivity (Wildman–Crippen MR) is 81.7 cm³/mol. The summed E-state index contributed by atoms with van der Waals surface area (Å²) in [5, 5.41) is 3.50. The number of rotatable bonds is 6. The number of hydrogen-bond donors (Lipinski definition) is 2. The third-order valence-electron chi connectivity index (χ3n) is 3.78. The highest BCUT2D eigenvalue weighted by Gasteiger charge is 2.16. The van der Waals surface area contributed by atoms with Crippen LogP contribution in [0.15, 0.2) is 6.07 Å². The molecule has 0 aliphatic rings. The van der Waals surface area contributed by atoms with Gasteiger partial charge in [0, 0.05) is 18.7 Å². The van der Waals surface area contributed by atoms with E-state index in [1.807, 2.05) is 0 Å². The highest BCUT2D eigenvalue weighted by atomic mass is 16.5. The lowest BCUT2D eigenvalue weighted by molar-refractivity contribution is 0.348. The Hall–Kier alpha value is -1.06. The van der Waals surface area contributed by atoms with Crippen LogP contribution in [0, 0.1) is 26.2 Å². The number of benzene rings is 1. The fourth-order valence-electron chi connectivity index (χ4n) is 2.20. The molecule has 0 unspecified atom stereocenters. The molecular formula is C16H28N2O. The zero-order valence-electron chi connectivity index (χ0n) is 13.2. The minimum atomic E-state index is 0.126. The van der Waals surface area contributed by atoms with Crippen molar-refractivity contribution >= 4 is 0 Å². The van der Waals surface area contributed by atoms with Crippen molar-refractivity contribution < 1.29 is 4.74 Å². The van der Waals surface area contributed by atoms with Crippen molar-refractivity contribution in [1.82, 2.24) is 5.32 Å². The van der Waals surface area contributed by atoms with E-state index in [2.05, 4.69) is 46.0 Å². The largest absolute Gasteiger partial charge is 0.496 e. The molecule has 3 N–H and O–H groups in total. The second-order valence-electron chi connectivity index (χ2n) is 6.12. The van der Waals surface area contributed by atoms with Gasteiger partial charge in [-0.1, -0.05) is 19.9 Å². The molecule has 1 aromatic rings. The van der Waals surface area contributed by atoms with Crippen LogP contribution < -0.4 is 15.8 Å². The van der Waals surface area contributed by atoms with E-state index in [0.29, 0.717) is 6.54 Å². The zero-order valence-corrected chi connectivity index (χ0v) is 13.2. The van der Waals surface area contributed by atoms with E-state index in [-0.39, 0.29) is 5.41 Å². The Morgan fingerprint density at radius 2 is 1.84 bits per heavy atom. The maximum absolute atomic E-state index is 5.75. The first-order valence-corrected chi connectivity index (χ1v) is 6.87. The van der Waals surface area contributed by atoms with Gasteiger partial charge in [-0.05, 0) is 49.4 Å². The van der Waals surface area contributed by atoms with Crippen molar-refractivity contribution in [3.8, 4) is 5.75 Å². The van der Waals surface area contributed by atoms with E-state index in [9.17, 15) is 0 Å². The van der Waals surface area contributed by atoms with Gasteiger partial charge in [0.1, 0.15) is 5.75 Å². The summed E-state index contributed by atoms with van der Waals surface area (Å²) >= 11 is 0. The van der Waals surface area contributed by atoms with E-state index in [1.54, 1.807) is 7.11 Å². The Morgan fingerprint density at radius 1 is 1.21 bits per heavy atom. The summed E-state index contributed by atoms with van der Waals surface area (Å²) < 4.78 is 5.58. The van der Waals surface area contributed by atoms with Crippen LogP contribution in [-0.2, 0) is 6.54 Å². The lowest BCUT2D eigenvalue weighted by atomic mass is 9.93. The molecule has 0 saturated heterocycles. The summed E-state index contributed by atoms with van der Waals surface area (Å²) in [6.45, 7) is 13.1. The average Bonchev–Trinajstić information content (AvgIpc) is 2.35. The summed E-state index contributed by atoms with van der Waals surface area (Å²) in [7, 11) is 1.74. The topological polar surface area (TPSA) is 47.3 Å². The molecule has 0 saturated carbocycles. The van der Waals surface area contributed by atoms with Gasteiger partial charge in [-0.15, -0.1) is 0 Å². The second-order valence-corrected chi connectivity index (χ2v) is 6.12. The van der Waals surface area contributed by atoms with E-state index in [4.69, 9.17) is 10.5 Å². The average molecular weight is 264 g/mol. The SMILES string of the molecule is COc1c(C)c(C)cc(C)c1CNCC(C)(C)CN. The molecule has 0 aliphatic heterocycles. The van der Waals surface area contributed by atoms with Crippen molar-refractivity contribution in [1.29, 1.82) is 0 Å².